The summed E-state index contributed by atoms with van der Waals surface area (Å²) in [4.78, 5) is 0. The van der Waals surface area contributed by atoms with Gasteiger partial charge in [0.25, 0.3) is 0 Å². The van der Waals surface area contributed by atoms with Gasteiger partial charge >= 0.3 is 0 Å². The second kappa shape index (κ2) is 5.04. The van der Waals surface area contributed by atoms with E-state index >= 15 is 0 Å². The molecule has 0 fully saturated rings. The number of fused-ring (bicyclic) bond motifs is 1. The van der Waals surface area contributed by atoms with Crippen LogP contribution in [0, 0.1) is 5.82 Å². The van der Waals surface area contributed by atoms with E-state index in [-0.39, 0.29) is 18.5 Å². The number of halogens is 1. The van der Waals surface area contributed by atoms with Crippen LogP contribution in [0.5, 0.6) is 17.2 Å². The molecular formula is C16H15FO3. The first-order valence-electron chi connectivity index (χ1n) is 6.42. The molecule has 0 saturated carbocycles. The highest BCUT2D eigenvalue weighted by Gasteiger charge is 2.21. The molecule has 2 aromatic carbocycles. The average molecular weight is 274 g/mol. The number of hydrogen-bond acceptors (Lipinski definition) is 3. The molecule has 0 spiro atoms. The maximum Gasteiger partial charge on any atom is 0.231 e. The van der Waals surface area contributed by atoms with E-state index in [0.29, 0.717) is 5.75 Å². The van der Waals surface area contributed by atoms with E-state index in [4.69, 9.17) is 14.2 Å². The lowest BCUT2D eigenvalue weighted by Gasteiger charge is -2.17. The molecular weight excluding hydrogens is 259 g/mol. The predicted molar refractivity (Wildman–Crippen MR) is 73.0 cm³/mol. The predicted octanol–water partition coefficient (Wildman–Crippen LogP) is 3.71. The lowest BCUT2D eigenvalue weighted by Crippen LogP contribution is -2.00. The third kappa shape index (κ3) is 2.18. The first-order chi connectivity index (χ1) is 9.69. The van der Waals surface area contributed by atoms with Crippen molar-refractivity contribution in [1.82, 2.24) is 0 Å². The van der Waals surface area contributed by atoms with Gasteiger partial charge in [0.1, 0.15) is 11.6 Å². The van der Waals surface area contributed by atoms with E-state index < -0.39 is 0 Å². The fourth-order valence-electron chi connectivity index (χ4n) is 2.39. The van der Waals surface area contributed by atoms with E-state index in [1.165, 1.54) is 12.1 Å². The minimum atomic E-state index is -0.237. The number of benzene rings is 2. The molecule has 0 bridgehead atoms. The summed E-state index contributed by atoms with van der Waals surface area (Å²) in [7, 11) is 1.62. The summed E-state index contributed by atoms with van der Waals surface area (Å²) >= 11 is 0. The van der Waals surface area contributed by atoms with Gasteiger partial charge in [-0.3, -0.25) is 0 Å². The van der Waals surface area contributed by atoms with Crippen LogP contribution in [0.2, 0.25) is 0 Å². The third-order valence-corrected chi connectivity index (χ3v) is 3.56. The largest absolute Gasteiger partial charge is 0.496 e. The molecule has 0 radical (unpaired) electrons. The van der Waals surface area contributed by atoms with Gasteiger partial charge in [-0.2, -0.15) is 0 Å². The van der Waals surface area contributed by atoms with Gasteiger partial charge in [-0.25, -0.2) is 4.39 Å². The highest BCUT2D eigenvalue weighted by Crippen LogP contribution is 2.42. The topological polar surface area (TPSA) is 27.7 Å². The van der Waals surface area contributed by atoms with Gasteiger partial charge in [-0.15, -0.1) is 0 Å². The van der Waals surface area contributed by atoms with Gasteiger partial charge < -0.3 is 14.2 Å². The van der Waals surface area contributed by atoms with E-state index in [0.717, 1.165) is 22.6 Å². The summed E-state index contributed by atoms with van der Waals surface area (Å²) < 4.78 is 29.2. The van der Waals surface area contributed by atoms with E-state index in [1.807, 2.05) is 19.1 Å². The molecule has 104 valence electrons. The molecule has 1 aliphatic rings. The first-order valence-corrected chi connectivity index (χ1v) is 6.42. The second-order valence-electron chi connectivity index (χ2n) is 4.72. The van der Waals surface area contributed by atoms with Crippen LogP contribution >= 0.6 is 0 Å². The molecule has 1 atom stereocenters. The zero-order valence-corrected chi connectivity index (χ0v) is 11.4. The van der Waals surface area contributed by atoms with Crippen LogP contribution in [0.15, 0.2) is 36.4 Å². The summed E-state index contributed by atoms with van der Waals surface area (Å²) in [5.74, 6) is 1.98. The van der Waals surface area contributed by atoms with Crippen LogP contribution in [-0.4, -0.2) is 13.9 Å². The van der Waals surface area contributed by atoms with Crippen LogP contribution in [0.25, 0.3) is 0 Å². The van der Waals surface area contributed by atoms with Gasteiger partial charge in [0, 0.05) is 17.5 Å². The average Bonchev–Trinajstić information content (AvgIpc) is 2.93. The monoisotopic (exact) mass is 274 g/mol. The normalized spacial score (nSPS) is 14.2. The number of methoxy groups -OCH3 is 1. The second-order valence-corrected chi connectivity index (χ2v) is 4.72. The van der Waals surface area contributed by atoms with Crippen molar-refractivity contribution in [3.63, 3.8) is 0 Å². The fourth-order valence-corrected chi connectivity index (χ4v) is 2.39. The number of rotatable bonds is 3. The van der Waals surface area contributed by atoms with E-state index in [1.54, 1.807) is 19.2 Å². The Morgan fingerprint density at radius 2 is 1.75 bits per heavy atom. The summed E-state index contributed by atoms with van der Waals surface area (Å²) in [5.41, 5.74) is 2.01. The Balaban J connectivity index is 2.02. The van der Waals surface area contributed by atoms with Crippen molar-refractivity contribution in [3.8, 4) is 17.2 Å². The SMILES string of the molecule is COc1cc2c(cc1C(C)c1ccc(F)cc1)OCO2. The minimum absolute atomic E-state index is 0.0695. The van der Waals surface area contributed by atoms with Gasteiger partial charge in [-0.05, 0) is 23.8 Å². The third-order valence-electron chi connectivity index (χ3n) is 3.56. The number of hydrogen-bond donors (Lipinski definition) is 0. The smallest absolute Gasteiger partial charge is 0.231 e. The zero-order valence-electron chi connectivity index (χ0n) is 11.4. The molecule has 2 aromatic rings. The molecule has 0 aromatic heterocycles. The van der Waals surface area contributed by atoms with E-state index in [9.17, 15) is 4.39 Å². The van der Waals surface area contributed by atoms with Crippen molar-refractivity contribution in [2.75, 3.05) is 13.9 Å². The Labute approximate surface area is 116 Å². The first kappa shape index (κ1) is 12.8. The fraction of sp³-hybridized carbons (Fsp3) is 0.250. The summed E-state index contributed by atoms with van der Waals surface area (Å²) in [6.07, 6.45) is 0. The molecule has 3 rings (SSSR count). The van der Waals surface area contributed by atoms with Crippen LogP contribution in [0.1, 0.15) is 24.0 Å². The Morgan fingerprint density at radius 1 is 1.10 bits per heavy atom. The zero-order chi connectivity index (χ0) is 14.1. The molecule has 20 heavy (non-hydrogen) atoms. The Hall–Kier alpha value is -2.23. The molecule has 0 saturated heterocycles. The van der Waals surface area contributed by atoms with Gasteiger partial charge in [0.05, 0.1) is 7.11 Å². The Kier molecular flexibility index (Phi) is 3.22. The van der Waals surface area contributed by atoms with Gasteiger partial charge in [-0.1, -0.05) is 19.1 Å². The van der Waals surface area contributed by atoms with Crippen LogP contribution in [0.3, 0.4) is 0 Å². The summed E-state index contributed by atoms with van der Waals surface area (Å²) in [5, 5.41) is 0. The Bertz CT molecular complexity index is 622. The highest BCUT2D eigenvalue weighted by molar-refractivity contribution is 5.54. The molecule has 0 amide bonds. The highest BCUT2D eigenvalue weighted by atomic mass is 19.1. The van der Waals surface area contributed by atoms with Crippen LogP contribution < -0.4 is 14.2 Å². The van der Waals surface area contributed by atoms with Crippen molar-refractivity contribution < 1.29 is 18.6 Å². The van der Waals surface area contributed by atoms with Crippen molar-refractivity contribution in [1.29, 1.82) is 0 Å². The van der Waals surface area contributed by atoms with Crippen LogP contribution in [0.4, 0.5) is 4.39 Å². The van der Waals surface area contributed by atoms with Crippen molar-refractivity contribution in [2.24, 2.45) is 0 Å². The molecule has 3 nitrogen and oxygen atoms in total. The Morgan fingerprint density at radius 3 is 2.40 bits per heavy atom. The standard InChI is InChI=1S/C16H15FO3/c1-10(11-3-5-12(17)6-4-11)13-7-15-16(20-9-19-15)8-14(13)18-2/h3-8,10H,9H2,1-2H3. The lowest BCUT2D eigenvalue weighted by atomic mass is 9.92. The van der Waals surface area contributed by atoms with Crippen molar-refractivity contribution in [3.05, 3.63) is 53.3 Å². The summed E-state index contributed by atoms with van der Waals surface area (Å²) in [6.45, 7) is 2.28. The van der Waals surface area contributed by atoms with Gasteiger partial charge in [0.15, 0.2) is 11.5 Å². The molecule has 0 aliphatic carbocycles. The molecule has 1 unspecified atom stereocenters. The summed E-state index contributed by atoms with van der Waals surface area (Å²) in [6, 6.07) is 10.2. The molecule has 4 heteroatoms. The van der Waals surface area contributed by atoms with Crippen molar-refractivity contribution >= 4 is 0 Å². The molecule has 1 aliphatic heterocycles. The van der Waals surface area contributed by atoms with Crippen LogP contribution in [-0.2, 0) is 0 Å². The maximum atomic E-state index is 13.0. The molecule has 0 N–H and O–H groups in total. The maximum absolute atomic E-state index is 13.0. The van der Waals surface area contributed by atoms with Crippen molar-refractivity contribution in [2.45, 2.75) is 12.8 Å². The number of ether oxygens (including phenoxy) is 3. The quantitative estimate of drug-likeness (QED) is 0.853. The lowest BCUT2D eigenvalue weighted by molar-refractivity contribution is 0.174. The minimum Gasteiger partial charge on any atom is -0.496 e. The van der Waals surface area contributed by atoms with Gasteiger partial charge in [0.2, 0.25) is 6.79 Å². The molecule has 1 heterocycles. The van der Waals surface area contributed by atoms with E-state index in [2.05, 4.69) is 0 Å².